The van der Waals surface area contributed by atoms with Crippen LogP contribution < -0.4 is 5.32 Å². The first-order chi connectivity index (χ1) is 13.5. The molecule has 2 aromatic carbocycles. The maximum Gasteiger partial charge on any atom is 0.339 e. The highest BCUT2D eigenvalue weighted by atomic mass is 19.1. The van der Waals surface area contributed by atoms with Crippen molar-refractivity contribution in [3.8, 4) is 0 Å². The first kappa shape index (κ1) is 19.5. The number of pyridine rings is 1. The molecular weight excluding hydrogens is 359 g/mol. The molecule has 28 heavy (non-hydrogen) atoms. The summed E-state index contributed by atoms with van der Waals surface area (Å²) in [5.74, 6) is -1.47. The lowest BCUT2D eigenvalue weighted by molar-refractivity contribution is -0.124. The van der Waals surface area contributed by atoms with Crippen molar-refractivity contribution in [2.24, 2.45) is 0 Å². The third-order valence-electron chi connectivity index (χ3n) is 4.54. The summed E-state index contributed by atoms with van der Waals surface area (Å²) in [7, 11) is 0. The Hall–Kier alpha value is -3.28. The van der Waals surface area contributed by atoms with Gasteiger partial charge in [-0.05, 0) is 31.0 Å². The standard InChI is InChI=1S/C22H21FN2O3/c1-3-18-14(2)21(16-9-5-7-11-19(16)25-18)22(27)28-13-20(26)24-12-15-8-4-6-10-17(15)23/h4-11H,3,12-13H2,1-2H3,(H,24,26). The molecule has 0 radical (unpaired) electrons. The van der Waals surface area contributed by atoms with Gasteiger partial charge in [0.05, 0.1) is 11.1 Å². The van der Waals surface area contributed by atoms with Gasteiger partial charge in [-0.15, -0.1) is 0 Å². The van der Waals surface area contributed by atoms with Crippen LogP contribution in [0.3, 0.4) is 0 Å². The second kappa shape index (κ2) is 8.61. The Balaban J connectivity index is 1.70. The minimum absolute atomic E-state index is 0.0280. The molecule has 0 aliphatic rings. The summed E-state index contributed by atoms with van der Waals surface area (Å²) in [6.07, 6.45) is 0.681. The van der Waals surface area contributed by atoms with Crippen LogP contribution in [0.1, 0.15) is 34.1 Å². The molecule has 1 amide bonds. The molecular formula is C22H21FN2O3. The average Bonchev–Trinajstić information content (AvgIpc) is 2.71. The zero-order valence-electron chi connectivity index (χ0n) is 15.8. The van der Waals surface area contributed by atoms with E-state index in [1.165, 1.54) is 6.07 Å². The van der Waals surface area contributed by atoms with Crippen molar-refractivity contribution in [3.63, 3.8) is 0 Å². The van der Waals surface area contributed by atoms with Crippen molar-refractivity contribution >= 4 is 22.8 Å². The maximum atomic E-state index is 13.6. The monoisotopic (exact) mass is 380 g/mol. The molecule has 0 aliphatic carbocycles. The van der Waals surface area contributed by atoms with E-state index >= 15 is 0 Å². The number of nitrogens with one attached hydrogen (secondary N) is 1. The number of hydrogen-bond donors (Lipinski definition) is 1. The maximum absolute atomic E-state index is 13.6. The van der Waals surface area contributed by atoms with E-state index in [0.29, 0.717) is 28.5 Å². The van der Waals surface area contributed by atoms with Gasteiger partial charge in [-0.3, -0.25) is 9.78 Å². The minimum Gasteiger partial charge on any atom is -0.452 e. The summed E-state index contributed by atoms with van der Waals surface area (Å²) < 4.78 is 18.8. The number of aryl methyl sites for hydroxylation is 1. The van der Waals surface area contributed by atoms with Crippen LogP contribution in [-0.2, 0) is 22.5 Å². The van der Waals surface area contributed by atoms with E-state index in [0.717, 1.165) is 11.3 Å². The number of para-hydroxylation sites is 1. The number of fused-ring (bicyclic) bond motifs is 1. The lowest BCUT2D eigenvalue weighted by Gasteiger charge is -2.13. The second-order valence-corrected chi connectivity index (χ2v) is 6.37. The van der Waals surface area contributed by atoms with Crippen LogP contribution in [0.25, 0.3) is 10.9 Å². The van der Waals surface area contributed by atoms with E-state index in [1.807, 2.05) is 38.1 Å². The average molecular weight is 380 g/mol. The van der Waals surface area contributed by atoms with E-state index in [4.69, 9.17) is 4.74 Å². The lowest BCUT2D eigenvalue weighted by Crippen LogP contribution is -2.29. The van der Waals surface area contributed by atoms with Gasteiger partial charge in [0.25, 0.3) is 5.91 Å². The largest absolute Gasteiger partial charge is 0.452 e. The molecule has 0 spiro atoms. The Bertz CT molecular complexity index is 1030. The van der Waals surface area contributed by atoms with Crippen LogP contribution in [-0.4, -0.2) is 23.5 Å². The fourth-order valence-electron chi connectivity index (χ4n) is 3.06. The van der Waals surface area contributed by atoms with Crippen molar-refractivity contribution in [1.82, 2.24) is 10.3 Å². The highest BCUT2D eigenvalue weighted by Gasteiger charge is 2.19. The summed E-state index contributed by atoms with van der Waals surface area (Å²) in [6, 6.07) is 13.5. The Labute approximate surface area is 162 Å². The molecule has 1 aromatic heterocycles. The number of carbonyl (C=O) groups excluding carboxylic acids is 2. The number of esters is 1. The van der Waals surface area contributed by atoms with E-state index in [9.17, 15) is 14.0 Å². The third kappa shape index (κ3) is 4.17. The van der Waals surface area contributed by atoms with Gasteiger partial charge in [0.1, 0.15) is 5.82 Å². The Morgan fingerprint density at radius 2 is 1.82 bits per heavy atom. The topological polar surface area (TPSA) is 68.3 Å². The number of hydrogen-bond acceptors (Lipinski definition) is 4. The van der Waals surface area contributed by atoms with Gasteiger partial charge in [-0.1, -0.05) is 43.3 Å². The van der Waals surface area contributed by atoms with Gasteiger partial charge >= 0.3 is 5.97 Å². The van der Waals surface area contributed by atoms with E-state index < -0.39 is 24.3 Å². The molecule has 0 atom stereocenters. The zero-order valence-corrected chi connectivity index (χ0v) is 15.8. The SMILES string of the molecule is CCc1nc2ccccc2c(C(=O)OCC(=O)NCc2ccccc2F)c1C. The number of rotatable bonds is 6. The predicted octanol–water partition coefficient (Wildman–Crippen LogP) is 3.72. The summed E-state index contributed by atoms with van der Waals surface area (Å²) in [5.41, 5.74) is 3.06. The molecule has 0 saturated carbocycles. The van der Waals surface area contributed by atoms with Gasteiger partial charge in [-0.2, -0.15) is 0 Å². The molecule has 0 unspecified atom stereocenters. The fraction of sp³-hybridized carbons (Fsp3) is 0.227. The van der Waals surface area contributed by atoms with E-state index in [2.05, 4.69) is 10.3 Å². The van der Waals surface area contributed by atoms with Crippen LogP contribution in [0.15, 0.2) is 48.5 Å². The first-order valence-electron chi connectivity index (χ1n) is 9.06. The lowest BCUT2D eigenvalue weighted by atomic mass is 10.0. The summed E-state index contributed by atoms with van der Waals surface area (Å²) in [4.78, 5) is 29.3. The van der Waals surface area contributed by atoms with Gasteiger partial charge in [-0.25, -0.2) is 9.18 Å². The molecule has 0 aliphatic heterocycles. The quantitative estimate of drug-likeness (QED) is 0.662. The molecule has 0 saturated heterocycles. The summed E-state index contributed by atoms with van der Waals surface area (Å²) in [5, 5.41) is 3.24. The molecule has 144 valence electrons. The van der Waals surface area contributed by atoms with Crippen molar-refractivity contribution in [1.29, 1.82) is 0 Å². The molecule has 1 heterocycles. The number of amides is 1. The summed E-state index contributed by atoms with van der Waals surface area (Å²) >= 11 is 0. The van der Waals surface area contributed by atoms with Crippen molar-refractivity contribution < 1.29 is 18.7 Å². The Morgan fingerprint density at radius 3 is 2.57 bits per heavy atom. The number of benzene rings is 2. The number of ether oxygens (including phenoxy) is 1. The number of aromatic nitrogens is 1. The van der Waals surface area contributed by atoms with Crippen LogP contribution in [0.4, 0.5) is 4.39 Å². The minimum atomic E-state index is -0.577. The normalized spacial score (nSPS) is 10.7. The second-order valence-electron chi connectivity index (χ2n) is 6.37. The highest BCUT2D eigenvalue weighted by Crippen LogP contribution is 2.24. The first-order valence-corrected chi connectivity index (χ1v) is 9.06. The number of carbonyl (C=O) groups is 2. The summed E-state index contributed by atoms with van der Waals surface area (Å²) in [6.45, 7) is 3.38. The predicted molar refractivity (Wildman–Crippen MR) is 104 cm³/mol. The highest BCUT2D eigenvalue weighted by molar-refractivity contribution is 6.05. The zero-order chi connectivity index (χ0) is 20.1. The van der Waals surface area contributed by atoms with Crippen LogP contribution in [0.5, 0.6) is 0 Å². The van der Waals surface area contributed by atoms with Crippen LogP contribution >= 0.6 is 0 Å². The van der Waals surface area contributed by atoms with Gasteiger partial charge in [0.2, 0.25) is 0 Å². The molecule has 0 bridgehead atoms. The van der Waals surface area contributed by atoms with Crippen molar-refractivity contribution in [3.05, 3.63) is 76.7 Å². The molecule has 6 heteroatoms. The van der Waals surface area contributed by atoms with Gasteiger partial charge in [0.15, 0.2) is 6.61 Å². The molecule has 0 fully saturated rings. The molecule has 3 aromatic rings. The van der Waals surface area contributed by atoms with E-state index in [-0.39, 0.29) is 6.54 Å². The van der Waals surface area contributed by atoms with Gasteiger partial charge < -0.3 is 10.1 Å². The van der Waals surface area contributed by atoms with Crippen molar-refractivity contribution in [2.45, 2.75) is 26.8 Å². The number of halogens is 1. The van der Waals surface area contributed by atoms with Crippen LogP contribution in [0, 0.1) is 12.7 Å². The Morgan fingerprint density at radius 1 is 1.11 bits per heavy atom. The van der Waals surface area contributed by atoms with Crippen LogP contribution in [0.2, 0.25) is 0 Å². The smallest absolute Gasteiger partial charge is 0.339 e. The molecule has 5 nitrogen and oxygen atoms in total. The molecule has 1 N–H and O–H groups in total. The fourth-order valence-corrected chi connectivity index (χ4v) is 3.06. The van der Waals surface area contributed by atoms with E-state index in [1.54, 1.807) is 18.2 Å². The van der Waals surface area contributed by atoms with Gasteiger partial charge in [0, 0.05) is 23.2 Å². The van der Waals surface area contributed by atoms with Crippen molar-refractivity contribution in [2.75, 3.05) is 6.61 Å². The number of nitrogens with zero attached hydrogens (tertiary/aromatic N) is 1. The molecule has 3 rings (SSSR count). The third-order valence-corrected chi connectivity index (χ3v) is 4.54. The Kier molecular flexibility index (Phi) is 5.99.